The van der Waals surface area contributed by atoms with Crippen molar-refractivity contribution >= 4 is 48.1 Å². The van der Waals surface area contributed by atoms with E-state index in [0.717, 1.165) is 9.52 Å². The molecular formula is C60H80Cl2SiZr. The van der Waals surface area contributed by atoms with Crippen molar-refractivity contribution in [3.63, 3.8) is 0 Å². The maximum atomic E-state index is 4.93. The molecule has 0 nitrogen and oxygen atoms in total. The van der Waals surface area contributed by atoms with Crippen LogP contribution in [0.25, 0.3) is 43.8 Å². The summed E-state index contributed by atoms with van der Waals surface area (Å²) in [7, 11) is 11.0. The molecule has 6 aromatic carbocycles. The molecule has 0 spiro atoms. The number of rotatable bonds is 6. The SMILES string of the molecule is CC1(Cc2cc3c(-c4ccc(C(C)(C)C)cc4)cccc3[cH-]2)CCCCCCC1.CC1(Cc2cc3c(-c4ccc(C(C)(C)C)cc4)cccc3[cH-]2)CCCCCCC1.C[Si]C.[Cl][Zr+2][Cl]. The van der Waals surface area contributed by atoms with Crippen LogP contribution in [0.5, 0.6) is 0 Å². The molecule has 0 atom stereocenters. The van der Waals surface area contributed by atoms with E-state index in [2.05, 4.69) is 178 Å². The van der Waals surface area contributed by atoms with Crippen LogP contribution in [-0.2, 0) is 44.5 Å². The van der Waals surface area contributed by atoms with E-state index in [9.17, 15) is 0 Å². The van der Waals surface area contributed by atoms with Gasteiger partial charge in [-0.25, -0.2) is 0 Å². The fraction of sp³-hybridized carbons (Fsp3) is 0.500. The van der Waals surface area contributed by atoms with Gasteiger partial charge in [0, 0.05) is 9.52 Å². The van der Waals surface area contributed by atoms with Crippen LogP contribution in [0, 0.1) is 10.8 Å². The van der Waals surface area contributed by atoms with Gasteiger partial charge in [-0.3, -0.25) is 0 Å². The van der Waals surface area contributed by atoms with Crippen molar-refractivity contribution in [1.82, 2.24) is 0 Å². The molecule has 8 rings (SSSR count). The third kappa shape index (κ3) is 15.4. The van der Waals surface area contributed by atoms with Gasteiger partial charge in [0.15, 0.2) is 0 Å². The number of hydrogen-bond acceptors (Lipinski definition) is 0. The first-order chi connectivity index (χ1) is 30.5. The Bertz CT molecular complexity index is 2100. The quantitative estimate of drug-likeness (QED) is 0.115. The standard InChI is InChI=1S/2C29H37.C2H6Si.2ClH.Zr/c2*1-28(2,3)25-15-13-23(14-16-25)26-12-10-11-24-19-22(20-27(24)26)21-29(4)17-8-6-5-7-9-18-29;1-3-2;;;/h2*10-16,19-20H,5-9,17-18,21H2,1-4H3;1-2H3;2*1H;/q2*-1;;;;+4/p-2. The van der Waals surface area contributed by atoms with E-state index in [1.165, 1.54) is 169 Å². The van der Waals surface area contributed by atoms with E-state index in [-0.39, 0.29) is 10.8 Å². The minimum atomic E-state index is -0.826. The van der Waals surface area contributed by atoms with E-state index in [1.54, 1.807) is 0 Å². The molecule has 0 amide bonds. The monoisotopic (exact) mass is 988 g/mol. The van der Waals surface area contributed by atoms with Crippen LogP contribution in [0.2, 0.25) is 13.1 Å². The zero-order valence-electron chi connectivity index (χ0n) is 41.5. The first kappa shape index (κ1) is 52.7. The Balaban J connectivity index is 0.000000215. The molecule has 2 aliphatic rings. The zero-order valence-corrected chi connectivity index (χ0v) is 46.4. The second-order valence-corrected chi connectivity index (χ2v) is 26.8. The van der Waals surface area contributed by atoms with Crippen LogP contribution in [0.3, 0.4) is 0 Å². The van der Waals surface area contributed by atoms with Gasteiger partial charge in [-0.15, -0.1) is 69.1 Å². The summed E-state index contributed by atoms with van der Waals surface area (Å²) in [5, 5.41) is 5.62. The third-order valence-electron chi connectivity index (χ3n) is 14.1. The summed E-state index contributed by atoms with van der Waals surface area (Å²) in [5.74, 6) is 0. The normalized spacial score (nSPS) is 16.6. The summed E-state index contributed by atoms with van der Waals surface area (Å²) in [6.07, 6.45) is 22.2. The average molecular weight is 992 g/mol. The minimum absolute atomic E-state index is 0.199. The number of halogens is 2. The third-order valence-corrected chi connectivity index (χ3v) is 14.1. The predicted molar refractivity (Wildman–Crippen MR) is 285 cm³/mol. The van der Waals surface area contributed by atoms with Crippen LogP contribution in [0.1, 0.15) is 168 Å². The van der Waals surface area contributed by atoms with Crippen molar-refractivity contribution in [2.24, 2.45) is 10.8 Å². The van der Waals surface area contributed by atoms with E-state index < -0.39 is 20.8 Å². The van der Waals surface area contributed by atoms with Gasteiger partial charge in [0.25, 0.3) is 0 Å². The number of hydrogen-bond donors (Lipinski definition) is 0. The summed E-state index contributed by atoms with van der Waals surface area (Å²) in [4.78, 5) is 0. The fourth-order valence-corrected chi connectivity index (χ4v) is 10.5. The molecule has 2 aliphatic carbocycles. The molecule has 64 heavy (non-hydrogen) atoms. The molecule has 2 radical (unpaired) electrons. The van der Waals surface area contributed by atoms with Crippen molar-refractivity contribution in [3.05, 3.63) is 131 Å². The van der Waals surface area contributed by atoms with E-state index in [1.807, 2.05) is 0 Å². The Kier molecular flexibility index (Phi) is 20.4. The van der Waals surface area contributed by atoms with Gasteiger partial charge in [0.1, 0.15) is 0 Å². The average Bonchev–Trinajstić information content (AvgIpc) is 3.84. The Labute approximate surface area is 412 Å². The first-order valence-electron chi connectivity index (χ1n) is 24.6. The summed E-state index contributed by atoms with van der Waals surface area (Å²) < 4.78 is 0. The molecule has 0 heterocycles. The van der Waals surface area contributed by atoms with Crippen molar-refractivity contribution in [2.45, 2.75) is 182 Å². The van der Waals surface area contributed by atoms with Gasteiger partial charge in [-0.1, -0.05) is 204 Å². The molecule has 0 saturated heterocycles. The molecule has 0 bridgehead atoms. The van der Waals surface area contributed by atoms with Crippen molar-refractivity contribution in [3.8, 4) is 22.3 Å². The molecule has 6 aromatic rings. The Hall–Kier alpha value is -2.22. The topological polar surface area (TPSA) is 0 Å². The summed E-state index contributed by atoms with van der Waals surface area (Å²) in [6, 6.07) is 41.9. The van der Waals surface area contributed by atoms with Crippen LogP contribution < -0.4 is 0 Å². The van der Waals surface area contributed by atoms with E-state index >= 15 is 0 Å². The summed E-state index contributed by atoms with van der Waals surface area (Å²) in [5.41, 5.74) is 12.6. The zero-order chi connectivity index (χ0) is 46.4. The summed E-state index contributed by atoms with van der Waals surface area (Å²) in [6.45, 7) is 23.0. The van der Waals surface area contributed by atoms with Gasteiger partial charge in [0.05, 0.1) is 0 Å². The molecule has 2 saturated carbocycles. The second-order valence-electron chi connectivity index (χ2n) is 22.1. The van der Waals surface area contributed by atoms with E-state index in [4.69, 9.17) is 17.0 Å². The number of fused-ring (bicyclic) bond motifs is 2. The van der Waals surface area contributed by atoms with Crippen molar-refractivity contribution in [1.29, 1.82) is 0 Å². The van der Waals surface area contributed by atoms with Crippen LogP contribution >= 0.6 is 17.0 Å². The molecule has 0 N–H and O–H groups in total. The molecule has 0 unspecified atom stereocenters. The molecule has 4 heteroatoms. The first-order valence-corrected chi connectivity index (χ1v) is 33.0. The van der Waals surface area contributed by atoms with Crippen LogP contribution in [0.15, 0.2) is 109 Å². The predicted octanol–water partition coefficient (Wildman–Crippen LogP) is 19.8. The molecular weight excluding hydrogens is 911 g/mol. The Morgan fingerprint density at radius 2 is 0.797 bits per heavy atom. The molecule has 0 aliphatic heterocycles. The van der Waals surface area contributed by atoms with Crippen LogP contribution in [-0.4, -0.2) is 9.52 Å². The fourth-order valence-electron chi connectivity index (χ4n) is 10.5. The summed E-state index contributed by atoms with van der Waals surface area (Å²) >= 11 is -0.826. The second kappa shape index (κ2) is 24.7. The van der Waals surface area contributed by atoms with Gasteiger partial charge < -0.3 is 0 Å². The van der Waals surface area contributed by atoms with Gasteiger partial charge in [-0.2, -0.15) is 12.1 Å². The van der Waals surface area contributed by atoms with Crippen LogP contribution in [0.4, 0.5) is 0 Å². The van der Waals surface area contributed by atoms with Gasteiger partial charge in [0.2, 0.25) is 0 Å². The molecule has 2 fully saturated rings. The Morgan fingerprint density at radius 1 is 0.500 bits per heavy atom. The maximum absolute atomic E-state index is 4.93. The Morgan fingerprint density at radius 3 is 1.09 bits per heavy atom. The molecule has 0 aromatic heterocycles. The van der Waals surface area contributed by atoms with Gasteiger partial charge in [-0.05, 0) is 82.4 Å². The number of benzene rings is 4. The van der Waals surface area contributed by atoms with Crippen molar-refractivity contribution in [2.75, 3.05) is 0 Å². The molecule has 342 valence electrons. The van der Waals surface area contributed by atoms with E-state index in [0.29, 0.717) is 10.8 Å². The van der Waals surface area contributed by atoms with Crippen molar-refractivity contribution < 1.29 is 20.8 Å². The van der Waals surface area contributed by atoms with Gasteiger partial charge >= 0.3 is 37.9 Å².